The first-order valence-electron chi connectivity index (χ1n) is 12.0. The van der Waals surface area contributed by atoms with Crippen LogP contribution in [0.5, 0.6) is 0 Å². The normalized spacial score (nSPS) is 11.1. The fraction of sp³-hybridized carbons (Fsp3) is 0.188. The van der Waals surface area contributed by atoms with Gasteiger partial charge in [-0.15, -0.1) is 0 Å². The molecule has 0 saturated heterocycles. The minimum absolute atomic E-state index is 0.0870. The average Bonchev–Trinajstić information content (AvgIpc) is 2.88. The van der Waals surface area contributed by atoms with E-state index in [0.29, 0.717) is 0 Å². The number of hydrogen-bond acceptors (Lipinski definition) is 0. The number of unbranched alkanes of at least 4 members (excludes halogenated alkanes) is 1. The van der Waals surface area contributed by atoms with Crippen molar-refractivity contribution >= 4 is 22.9 Å². The number of aryl methyl sites for hydroxylation is 2. The predicted molar refractivity (Wildman–Crippen MR) is 140 cm³/mol. The maximum atomic E-state index is 13.5. The predicted octanol–water partition coefficient (Wildman–Crippen LogP) is 8.73. The summed E-state index contributed by atoms with van der Waals surface area (Å²) >= 11 is 0. The Morgan fingerprint density at radius 2 is 1.43 bits per heavy atom. The molecule has 0 fully saturated rings. The number of fused-ring (bicyclic) bond motifs is 1. The Morgan fingerprint density at radius 3 is 2.14 bits per heavy atom. The molecule has 0 N–H and O–H groups in total. The average molecular weight is 469 g/mol. The van der Waals surface area contributed by atoms with E-state index in [1.54, 1.807) is 0 Å². The van der Waals surface area contributed by atoms with Crippen molar-refractivity contribution in [2.75, 3.05) is 0 Å². The summed E-state index contributed by atoms with van der Waals surface area (Å²) < 4.78 is 40.3. The van der Waals surface area contributed by atoms with E-state index in [1.165, 1.54) is 29.5 Å². The van der Waals surface area contributed by atoms with Crippen LogP contribution in [-0.4, -0.2) is 0 Å². The number of rotatable bonds is 6. The lowest BCUT2D eigenvalue weighted by atomic mass is 9.96. The molecule has 4 aromatic rings. The van der Waals surface area contributed by atoms with Gasteiger partial charge in [0.15, 0.2) is 17.5 Å². The Morgan fingerprint density at radius 1 is 0.743 bits per heavy atom. The first-order valence-corrected chi connectivity index (χ1v) is 12.0. The molecular weight excluding hydrogens is 441 g/mol. The first-order chi connectivity index (χ1) is 17.0. The zero-order valence-electron chi connectivity index (χ0n) is 20.0. The molecule has 0 nitrogen and oxygen atoms in total. The Balaban J connectivity index is 1.67. The van der Waals surface area contributed by atoms with Crippen LogP contribution in [0.2, 0.25) is 0 Å². The maximum absolute atomic E-state index is 13.5. The largest absolute Gasteiger partial charge is 0.204 e. The molecule has 0 heterocycles. The summed E-state index contributed by atoms with van der Waals surface area (Å²) in [6, 6.07) is 20.4. The van der Waals surface area contributed by atoms with E-state index in [-0.39, 0.29) is 5.56 Å². The highest BCUT2D eigenvalue weighted by Gasteiger charge is 2.09. The second-order valence-electron chi connectivity index (χ2n) is 8.58. The van der Waals surface area contributed by atoms with Crippen LogP contribution in [0.25, 0.3) is 22.9 Å². The Labute approximate surface area is 205 Å². The van der Waals surface area contributed by atoms with Crippen molar-refractivity contribution < 1.29 is 13.2 Å². The lowest BCUT2D eigenvalue weighted by molar-refractivity contribution is 0.446. The molecule has 176 valence electrons. The minimum atomic E-state index is -1.49. The molecule has 0 unspecified atom stereocenters. The summed E-state index contributed by atoms with van der Waals surface area (Å²) in [5.74, 6) is 1.77. The van der Waals surface area contributed by atoms with E-state index in [0.717, 1.165) is 46.9 Å². The Bertz CT molecular complexity index is 1430. The zero-order valence-corrected chi connectivity index (χ0v) is 20.0. The second kappa shape index (κ2) is 11.1. The van der Waals surface area contributed by atoms with Crippen molar-refractivity contribution in [3.8, 4) is 11.8 Å². The van der Waals surface area contributed by atoms with Gasteiger partial charge in [-0.3, -0.25) is 0 Å². The van der Waals surface area contributed by atoms with Crippen LogP contribution in [0.3, 0.4) is 0 Å². The van der Waals surface area contributed by atoms with Crippen LogP contribution in [0.4, 0.5) is 13.2 Å². The summed E-state index contributed by atoms with van der Waals surface area (Å²) in [7, 11) is 0. The van der Waals surface area contributed by atoms with Crippen LogP contribution in [0, 0.1) is 29.3 Å². The highest BCUT2D eigenvalue weighted by atomic mass is 19.2. The topological polar surface area (TPSA) is 0 Å². The second-order valence-corrected chi connectivity index (χ2v) is 8.58. The number of benzene rings is 4. The van der Waals surface area contributed by atoms with Crippen LogP contribution < -0.4 is 0 Å². The summed E-state index contributed by atoms with van der Waals surface area (Å²) in [5, 5.41) is 1.97. The molecular formula is C32H27F3. The van der Waals surface area contributed by atoms with Gasteiger partial charge in [-0.2, -0.15) is 0 Å². The van der Waals surface area contributed by atoms with Crippen LogP contribution >= 0.6 is 0 Å². The van der Waals surface area contributed by atoms with Gasteiger partial charge >= 0.3 is 0 Å². The van der Waals surface area contributed by atoms with Crippen LogP contribution in [-0.2, 0) is 12.8 Å². The number of hydrogen-bond donors (Lipinski definition) is 0. The van der Waals surface area contributed by atoms with Crippen molar-refractivity contribution in [2.24, 2.45) is 0 Å². The molecule has 0 amide bonds. The standard InChI is InChI=1S/C32H27F3/c1-3-5-8-22-11-13-25(24(4-2)19-22)15-16-27-18-17-26(28-9-6-7-10-29(27)28)14-12-23-20-30(33)32(35)31(34)21-23/h6-7,9-11,13,15-21H,3-5,8H2,1-2H3. The van der Waals surface area contributed by atoms with E-state index < -0.39 is 17.5 Å². The van der Waals surface area contributed by atoms with Gasteiger partial charge in [0.2, 0.25) is 0 Å². The highest BCUT2D eigenvalue weighted by molar-refractivity contribution is 5.96. The van der Waals surface area contributed by atoms with Crippen molar-refractivity contribution in [2.45, 2.75) is 39.5 Å². The van der Waals surface area contributed by atoms with E-state index in [9.17, 15) is 13.2 Å². The van der Waals surface area contributed by atoms with E-state index in [4.69, 9.17) is 0 Å². The van der Waals surface area contributed by atoms with Crippen molar-refractivity contribution in [1.29, 1.82) is 0 Å². The summed E-state index contributed by atoms with van der Waals surface area (Å²) in [5.41, 5.74) is 5.81. The molecule has 0 saturated carbocycles. The molecule has 3 heteroatoms. The van der Waals surface area contributed by atoms with Crippen molar-refractivity contribution in [3.63, 3.8) is 0 Å². The summed E-state index contributed by atoms with van der Waals surface area (Å²) in [6.07, 6.45) is 8.74. The lowest BCUT2D eigenvalue weighted by Crippen LogP contribution is -1.92. The third-order valence-electron chi connectivity index (χ3n) is 6.13. The van der Waals surface area contributed by atoms with Gasteiger partial charge in [0, 0.05) is 11.1 Å². The van der Waals surface area contributed by atoms with Gasteiger partial charge < -0.3 is 0 Å². The molecule has 0 bridgehead atoms. The first kappa shape index (κ1) is 24.4. The van der Waals surface area contributed by atoms with Crippen molar-refractivity contribution in [3.05, 3.63) is 118 Å². The van der Waals surface area contributed by atoms with Crippen LogP contribution in [0.15, 0.2) is 66.7 Å². The Kier molecular flexibility index (Phi) is 7.73. The highest BCUT2D eigenvalue weighted by Crippen LogP contribution is 2.25. The maximum Gasteiger partial charge on any atom is 0.194 e. The molecule has 0 aromatic heterocycles. The molecule has 0 aliphatic rings. The molecule has 4 rings (SSSR count). The van der Waals surface area contributed by atoms with Gasteiger partial charge in [-0.1, -0.05) is 92.8 Å². The molecule has 35 heavy (non-hydrogen) atoms. The fourth-order valence-electron chi connectivity index (χ4n) is 4.19. The number of halogens is 3. The lowest BCUT2D eigenvalue weighted by Gasteiger charge is -2.08. The summed E-state index contributed by atoms with van der Waals surface area (Å²) in [6.45, 7) is 4.39. The quantitative estimate of drug-likeness (QED) is 0.151. The zero-order chi connectivity index (χ0) is 24.8. The van der Waals surface area contributed by atoms with Gasteiger partial charge in [-0.25, -0.2) is 13.2 Å². The molecule has 0 aliphatic heterocycles. The van der Waals surface area contributed by atoms with Gasteiger partial charge in [0.05, 0.1) is 0 Å². The van der Waals surface area contributed by atoms with E-state index in [2.05, 4.69) is 56.0 Å². The van der Waals surface area contributed by atoms with Crippen molar-refractivity contribution in [1.82, 2.24) is 0 Å². The monoisotopic (exact) mass is 468 g/mol. The van der Waals surface area contributed by atoms with Crippen LogP contribution in [0.1, 0.15) is 60.1 Å². The fourth-order valence-corrected chi connectivity index (χ4v) is 4.19. The molecule has 0 radical (unpaired) electrons. The third kappa shape index (κ3) is 5.66. The van der Waals surface area contributed by atoms with Gasteiger partial charge in [0.25, 0.3) is 0 Å². The van der Waals surface area contributed by atoms with Gasteiger partial charge in [-0.05, 0) is 70.5 Å². The Hall–Kier alpha value is -3.77. The molecule has 0 atom stereocenters. The van der Waals surface area contributed by atoms with E-state index >= 15 is 0 Å². The third-order valence-corrected chi connectivity index (χ3v) is 6.13. The molecule has 0 spiro atoms. The van der Waals surface area contributed by atoms with E-state index in [1.807, 2.05) is 36.4 Å². The smallest absolute Gasteiger partial charge is 0.194 e. The summed E-state index contributed by atoms with van der Waals surface area (Å²) in [4.78, 5) is 0. The minimum Gasteiger partial charge on any atom is -0.204 e. The molecule has 0 aliphatic carbocycles. The molecule has 4 aromatic carbocycles. The van der Waals surface area contributed by atoms with Gasteiger partial charge in [0.1, 0.15) is 0 Å². The SMILES string of the molecule is CCCCc1ccc(C=Cc2ccc(C#Cc3cc(F)c(F)c(F)c3)c3ccccc23)c(CC)c1.